The van der Waals surface area contributed by atoms with Crippen molar-refractivity contribution < 1.29 is 4.79 Å². The number of amides is 1. The van der Waals surface area contributed by atoms with E-state index in [4.69, 9.17) is 0 Å². The van der Waals surface area contributed by atoms with Crippen molar-refractivity contribution in [1.29, 1.82) is 0 Å². The zero-order valence-electron chi connectivity index (χ0n) is 7.29. The number of hydrogen-bond donors (Lipinski definition) is 1. The van der Waals surface area contributed by atoms with E-state index in [2.05, 4.69) is 16.9 Å². The van der Waals surface area contributed by atoms with E-state index in [-0.39, 0.29) is 5.91 Å². The molecule has 0 saturated carbocycles. The molecule has 0 aromatic carbocycles. The molecule has 65 valence electrons. The fourth-order valence-electron chi connectivity index (χ4n) is 0.860. The van der Waals surface area contributed by atoms with Crippen molar-refractivity contribution in [2.24, 2.45) is 0 Å². The van der Waals surface area contributed by atoms with Gasteiger partial charge in [-0.3, -0.25) is 4.79 Å². The first-order valence-electron chi connectivity index (χ1n) is 3.67. The third-order valence-electron chi connectivity index (χ3n) is 1.57. The van der Waals surface area contributed by atoms with Crippen molar-refractivity contribution in [2.75, 3.05) is 7.05 Å². The van der Waals surface area contributed by atoms with E-state index >= 15 is 0 Å². The molecule has 12 heavy (non-hydrogen) atoms. The summed E-state index contributed by atoms with van der Waals surface area (Å²) in [4.78, 5) is 19.3. The number of aryl methyl sites for hydroxylation is 1. The molecule has 0 unspecified atom stereocenters. The molecule has 1 amide bonds. The van der Waals surface area contributed by atoms with Crippen molar-refractivity contribution in [3.05, 3.63) is 24.6 Å². The van der Waals surface area contributed by atoms with Crippen molar-refractivity contribution >= 4 is 5.91 Å². The fourth-order valence-corrected chi connectivity index (χ4v) is 0.860. The molecule has 0 bridgehead atoms. The normalized spacial score (nSPS) is 9.92. The van der Waals surface area contributed by atoms with E-state index in [1.807, 2.05) is 6.92 Å². The molecular formula is C8H12N3O. The Bertz CT molecular complexity index is 280. The number of aromatic nitrogens is 2. The minimum Gasteiger partial charge on any atom is -0.345 e. The molecule has 0 fully saturated rings. The Morgan fingerprint density at radius 2 is 2.50 bits per heavy atom. The number of carbonyl (C=O) groups excluding carboxylic acids is 1. The summed E-state index contributed by atoms with van der Waals surface area (Å²) in [6.45, 7) is 5.69. The Hall–Kier alpha value is -1.32. The van der Waals surface area contributed by atoms with Crippen LogP contribution < -0.4 is 0 Å². The summed E-state index contributed by atoms with van der Waals surface area (Å²) >= 11 is 0. The van der Waals surface area contributed by atoms with E-state index in [0.29, 0.717) is 6.54 Å². The molecule has 1 aromatic heterocycles. The molecule has 0 atom stereocenters. The summed E-state index contributed by atoms with van der Waals surface area (Å²) in [6.07, 6.45) is 1.73. The van der Waals surface area contributed by atoms with Crippen LogP contribution in [-0.2, 0) is 11.3 Å². The molecule has 0 aliphatic heterocycles. The maximum Gasteiger partial charge on any atom is 0.223 e. The van der Waals surface area contributed by atoms with E-state index < -0.39 is 0 Å². The summed E-state index contributed by atoms with van der Waals surface area (Å²) < 4.78 is 0. The number of rotatable bonds is 2. The van der Waals surface area contributed by atoms with Crippen molar-refractivity contribution in [3.63, 3.8) is 0 Å². The second kappa shape index (κ2) is 3.38. The molecule has 0 spiro atoms. The van der Waals surface area contributed by atoms with Gasteiger partial charge in [0, 0.05) is 25.9 Å². The van der Waals surface area contributed by atoms with E-state index in [9.17, 15) is 4.79 Å². The molecule has 1 rings (SSSR count). The first kappa shape index (κ1) is 8.77. The van der Waals surface area contributed by atoms with Gasteiger partial charge in [-0.05, 0) is 6.92 Å². The van der Waals surface area contributed by atoms with Crippen LogP contribution in [0.5, 0.6) is 0 Å². The van der Waals surface area contributed by atoms with Gasteiger partial charge in [0.1, 0.15) is 5.82 Å². The highest BCUT2D eigenvalue weighted by atomic mass is 16.2. The predicted octanol–water partition coefficient (Wildman–Crippen LogP) is 0.511. The quantitative estimate of drug-likeness (QED) is 0.696. The molecule has 1 N–H and O–H groups in total. The second-order valence-corrected chi connectivity index (χ2v) is 2.76. The first-order chi connectivity index (χ1) is 5.59. The SMILES string of the molecule is [CH2]C(=O)N(C)Cc1ncc(C)[nH]1. The largest absolute Gasteiger partial charge is 0.345 e. The van der Waals surface area contributed by atoms with Gasteiger partial charge >= 0.3 is 0 Å². The lowest BCUT2D eigenvalue weighted by Gasteiger charge is -2.11. The van der Waals surface area contributed by atoms with Gasteiger partial charge in [-0.1, -0.05) is 0 Å². The first-order valence-corrected chi connectivity index (χ1v) is 3.67. The minimum atomic E-state index is -0.205. The van der Waals surface area contributed by atoms with Gasteiger partial charge in [0.2, 0.25) is 5.91 Å². The van der Waals surface area contributed by atoms with Gasteiger partial charge in [-0.25, -0.2) is 4.98 Å². The topological polar surface area (TPSA) is 49.0 Å². The highest BCUT2D eigenvalue weighted by Gasteiger charge is 2.04. The maximum absolute atomic E-state index is 10.7. The monoisotopic (exact) mass is 166 g/mol. The molecule has 0 aliphatic rings. The molecule has 1 aromatic rings. The van der Waals surface area contributed by atoms with E-state index in [0.717, 1.165) is 11.5 Å². The van der Waals surface area contributed by atoms with Gasteiger partial charge < -0.3 is 9.88 Å². The van der Waals surface area contributed by atoms with E-state index in [1.165, 1.54) is 4.90 Å². The van der Waals surface area contributed by atoms with Gasteiger partial charge in [0.05, 0.1) is 6.54 Å². The zero-order valence-corrected chi connectivity index (χ0v) is 7.29. The predicted molar refractivity (Wildman–Crippen MR) is 45.2 cm³/mol. The van der Waals surface area contributed by atoms with Crippen molar-refractivity contribution in [3.8, 4) is 0 Å². The van der Waals surface area contributed by atoms with Crippen LogP contribution in [-0.4, -0.2) is 27.8 Å². The van der Waals surface area contributed by atoms with Gasteiger partial charge in [-0.2, -0.15) is 0 Å². The van der Waals surface area contributed by atoms with Crippen LogP contribution in [0.25, 0.3) is 0 Å². The summed E-state index contributed by atoms with van der Waals surface area (Å²) in [5, 5.41) is 0. The lowest BCUT2D eigenvalue weighted by atomic mass is 10.5. The molecule has 4 nitrogen and oxygen atoms in total. The average molecular weight is 166 g/mol. The highest BCUT2D eigenvalue weighted by molar-refractivity contribution is 5.79. The smallest absolute Gasteiger partial charge is 0.223 e. The molecule has 1 radical (unpaired) electrons. The fraction of sp³-hybridized carbons (Fsp3) is 0.375. The van der Waals surface area contributed by atoms with Crippen molar-refractivity contribution in [1.82, 2.24) is 14.9 Å². The summed E-state index contributed by atoms with van der Waals surface area (Å²) in [7, 11) is 1.69. The minimum absolute atomic E-state index is 0.205. The van der Waals surface area contributed by atoms with Gasteiger partial charge in [0.25, 0.3) is 0 Å². The highest BCUT2D eigenvalue weighted by Crippen LogP contribution is 1.98. The number of nitrogens with one attached hydrogen (secondary N) is 1. The number of imidazole rings is 1. The zero-order chi connectivity index (χ0) is 9.14. The second-order valence-electron chi connectivity index (χ2n) is 2.76. The summed E-state index contributed by atoms with van der Waals surface area (Å²) in [6, 6.07) is 0. The average Bonchev–Trinajstić information content (AvgIpc) is 2.35. The Balaban J connectivity index is 2.58. The number of hydrogen-bond acceptors (Lipinski definition) is 2. The summed E-state index contributed by atoms with van der Waals surface area (Å²) in [5.41, 5.74) is 0.995. The third kappa shape index (κ3) is 2.08. The van der Waals surface area contributed by atoms with E-state index in [1.54, 1.807) is 13.2 Å². The van der Waals surface area contributed by atoms with Crippen LogP contribution >= 0.6 is 0 Å². The molecule has 4 heteroatoms. The lowest BCUT2D eigenvalue weighted by molar-refractivity contribution is -0.125. The van der Waals surface area contributed by atoms with Crippen molar-refractivity contribution in [2.45, 2.75) is 13.5 Å². The lowest BCUT2D eigenvalue weighted by Crippen LogP contribution is -2.23. The van der Waals surface area contributed by atoms with Crippen LogP contribution in [0.3, 0.4) is 0 Å². The van der Waals surface area contributed by atoms with Crippen LogP contribution in [0, 0.1) is 13.8 Å². The Morgan fingerprint density at radius 3 is 2.92 bits per heavy atom. The number of nitrogens with zero attached hydrogens (tertiary/aromatic N) is 2. The number of aromatic amines is 1. The third-order valence-corrected chi connectivity index (χ3v) is 1.57. The molecule has 0 aliphatic carbocycles. The van der Waals surface area contributed by atoms with Gasteiger partial charge in [0.15, 0.2) is 0 Å². The Kier molecular flexibility index (Phi) is 2.47. The molecular weight excluding hydrogens is 154 g/mol. The number of carbonyl (C=O) groups is 1. The van der Waals surface area contributed by atoms with Crippen LogP contribution in [0.2, 0.25) is 0 Å². The van der Waals surface area contributed by atoms with Gasteiger partial charge in [-0.15, -0.1) is 0 Å². The maximum atomic E-state index is 10.7. The summed E-state index contributed by atoms with van der Waals surface area (Å²) in [5.74, 6) is 0.580. The van der Waals surface area contributed by atoms with Crippen LogP contribution in [0.15, 0.2) is 6.20 Å². The Labute approximate surface area is 71.6 Å². The standard InChI is InChI=1S/C8H12N3O/c1-6-4-9-8(10-6)5-11(3)7(2)12/h4H,2,5H2,1,3H3,(H,9,10). The molecule has 1 heterocycles. The van der Waals surface area contributed by atoms with Crippen LogP contribution in [0.1, 0.15) is 11.5 Å². The number of H-pyrrole nitrogens is 1. The van der Waals surface area contributed by atoms with Crippen LogP contribution in [0.4, 0.5) is 0 Å². The molecule has 0 saturated heterocycles. The Morgan fingerprint density at radius 1 is 1.83 bits per heavy atom.